The quantitative estimate of drug-likeness (QED) is 0.620. The molecule has 1 N–H and O–H groups in total. The number of ether oxygens (including phenoxy) is 1. The van der Waals surface area contributed by atoms with Crippen molar-refractivity contribution in [3.8, 4) is 5.75 Å². The lowest BCUT2D eigenvalue weighted by Gasteiger charge is -2.32. The largest absolute Gasteiger partial charge is 0.493 e. The van der Waals surface area contributed by atoms with Crippen LogP contribution >= 0.6 is 0 Å². The summed E-state index contributed by atoms with van der Waals surface area (Å²) >= 11 is 0. The summed E-state index contributed by atoms with van der Waals surface area (Å²) in [5, 5.41) is 0. The Hall–Kier alpha value is -1.35. The topological polar surface area (TPSA) is 30.7 Å². The zero-order chi connectivity index (χ0) is 15.9. The maximum atomic E-state index is 11.5. The molecule has 3 nitrogen and oxygen atoms in total. The number of para-hydroxylation sites is 1. The summed E-state index contributed by atoms with van der Waals surface area (Å²) < 4.78 is 5.80. The van der Waals surface area contributed by atoms with E-state index in [1.807, 2.05) is 24.3 Å². The molecule has 1 saturated heterocycles. The number of Topliss-reactive ketones (excluding diaryl/α,β-unsaturated/α-hetero) is 1. The van der Waals surface area contributed by atoms with Gasteiger partial charge in [-0.2, -0.15) is 0 Å². The second-order valence-electron chi connectivity index (χ2n) is 6.96. The zero-order valence-corrected chi connectivity index (χ0v) is 14.2. The first kappa shape index (κ1) is 17.0. The van der Waals surface area contributed by atoms with Crippen LogP contribution in [0.3, 0.4) is 0 Å². The number of hydrogen-bond donors (Lipinski definition) is 1. The van der Waals surface area contributed by atoms with Gasteiger partial charge in [0.25, 0.3) is 0 Å². The highest BCUT2D eigenvalue weighted by Crippen LogP contribution is 2.18. The third-order valence-corrected chi connectivity index (χ3v) is 4.53. The Morgan fingerprint density at radius 1 is 1.18 bits per heavy atom. The van der Waals surface area contributed by atoms with Crippen molar-refractivity contribution in [2.24, 2.45) is 11.8 Å². The predicted molar refractivity (Wildman–Crippen MR) is 89.7 cm³/mol. The molecule has 0 aliphatic carbocycles. The third-order valence-electron chi connectivity index (χ3n) is 4.53. The van der Waals surface area contributed by atoms with Crippen molar-refractivity contribution in [3.63, 3.8) is 0 Å². The number of ketones is 1. The Balaban J connectivity index is 1.68. The Bertz CT molecular complexity index is 476. The van der Waals surface area contributed by atoms with Gasteiger partial charge in [0.2, 0.25) is 0 Å². The van der Waals surface area contributed by atoms with Gasteiger partial charge in [-0.25, -0.2) is 0 Å². The van der Waals surface area contributed by atoms with Crippen molar-refractivity contribution >= 4 is 5.78 Å². The summed E-state index contributed by atoms with van der Waals surface area (Å²) in [6.45, 7) is 10.9. The monoisotopic (exact) mass is 304 g/mol. The smallest absolute Gasteiger partial charge is 0.163 e. The van der Waals surface area contributed by atoms with E-state index in [9.17, 15) is 4.79 Å². The lowest BCUT2D eigenvalue weighted by Crippen LogP contribution is -3.14. The molecule has 22 heavy (non-hydrogen) atoms. The van der Waals surface area contributed by atoms with E-state index in [1.54, 1.807) is 11.8 Å². The van der Waals surface area contributed by atoms with Gasteiger partial charge in [-0.1, -0.05) is 26.0 Å². The number of carbonyl (C=O) groups is 1. The average Bonchev–Trinajstić information content (AvgIpc) is 2.46. The van der Waals surface area contributed by atoms with E-state index in [-0.39, 0.29) is 5.78 Å². The minimum Gasteiger partial charge on any atom is -0.493 e. The van der Waals surface area contributed by atoms with Crippen molar-refractivity contribution in [3.05, 3.63) is 29.8 Å². The van der Waals surface area contributed by atoms with E-state index in [1.165, 1.54) is 32.5 Å². The fourth-order valence-electron chi connectivity index (χ4n) is 3.67. The first-order valence-corrected chi connectivity index (χ1v) is 8.62. The molecule has 2 rings (SSSR count). The lowest BCUT2D eigenvalue weighted by atomic mass is 9.92. The summed E-state index contributed by atoms with van der Waals surface area (Å²) in [7, 11) is 0. The highest BCUT2D eigenvalue weighted by Gasteiger charge is 2.24. The number of rotatable bonds is 7. The summed E-state index contributed by atoms with van der Waals surface area (Å²) in [5.41, 5.74) is 0.687. The Labute approximate surface area is 134 Å². The van der Waals surface area contributed by atoms with E-state index in [2.05, 4.69) is 13.8 Å². The lowest BCUT2D eigenvalue weighted by molar-refractivity contribution is -0.912. The fourth-order valence-corrected chi connectivity index (χ4v) is 3.67. The maximum Gasteiger partial charge on any atom is 0.163 e. The standard InChI is InChI=1S/C19H29NO2/c1-15-12-16(2)14-20(13-15)10-6-7-11-22-19-9-5-4-8-18(19)17(3)21/h4-5,8-9,15-16H,6-7,10-14H2,1-3H3/p+1/t15-,16-/m1/s1. The van der Waals surface area contributed by atoms with Gasteiger partial charge in [0, 0.05) is 11.8 Å². The van der Waals surface area contributed by atoms with Gasteiger partial charge in [0.15, 0.2) is 5.78 Å². The van der Waals surface area contributed by atoms with Gasteiger partial charge >= 0.3 is 0 Å². The van der Waals surface area contributed by atoms with Crippen LogP contribution in [-0.4, -0.2) is 32.0 Å². The molecule has 0 saturated carbocycles. The van der Waals surface area contributed by atoms with E-state index >= 15 is 0 Å². The van der Waals surface area contributed by atoms with Crippen LogP contribution in [0.15, 0.2) is 24.3 Å². The number of carbonyl (C=O) groups excluding carboxylic acids is 1. The Kier molecular flexibility index (Phi) is 6.44. The molecule has 0 amide bonds. The molecule has 1 aliphatic heterocycles. The highest BCUT2D eigenvalue weighted by molar-refractivity contribution is 5.96. The molecule has 3 heteroatoms. The number of quaternary nitrogens is 1. The van der Waals surface area contributed by atoms with Gasteiger partial charge in [-0.3, -0.25) is 4.79 Å². The molecule has 1 aromatic carbocycles. The number of likely N-dealkylation sites (tertiary alicyclic amines) is 1. The van der Waals surface area contributed by atoms with E-state index in [0.717, 1.165) is 24.0 Å². The molecule has 122 valence electrons. The molecule has 2 atom stereocenters. The molecular weight excluding hydrogens is 274 g/mol. The molecule has 0 aromatic heterocycles. The number of hydrogen-bond acceptors (Lipinski definition) is 2. The van der Waals surface area contributed by atoms with Gasteiger partial charge in [0.1, 0.15) is 5.75 Å². The second-order valence-corrected chi connectivity index (χ2v) is 6.96. The molecule has 1 aliphatic rings. The van der Waals surface area contributed by atoms with Crippen molar-refractivity contribution in [1.29, 1.82) is 0 Å². The Morgan fingerprint density at radius 2 is 1.86 bits per heavy atom. The van der Waals surface area contributed by atoms with Gasteiger partial charge < -0.3 is 9.64 Å². The molecule has 0 bridgehead atoms. The molecule has 0 radical (unpaired) electrons. The number of unbranched alkanes of at least 4 members (excludes halogenated alkanes) is 1. The van der Waals surface area contributed by atoms with Crippen molar-refractivity contribution < 1.29 is 14.4 Å². The number of nitrogens with one attached hydrogen (secondary N) is 1. The van der Waals surface area contributed by atoms with Crippen molar-refractivity contribution in [1.82, 2.24) is 0 Å². The van der Waals surface area contributed by atoms with Gasteiger partial charge in [0.05, 0.1) is 31.8 Å². The minimum atomic E-state index is 0.0661. The summed E-state index contributed by atoms with van der Waals surface area (Å²) in [4.78, 5) is 13.3. The molecule has 0 spiro atoms. The molecule has 0 unspecified atom stereocenters. The second kappa shape index (κ2) is 8.33. The van der Waals surface area contributed by atoms with Crippen molar-refractivity contribution in [2.75, 3.05) is 26.2 Å². The van der Waals surface area contributed by atoms with E-state index < -0.39 is 0 Å². The molecule has 1 heterocycles. The number of benzene rings is 1. The minimum absolute atomic E-state index is 0.0661. The summed E-state index contributed by atoms with van der Waals surface area (Å²) in [6.07, 6.45) is 3.63. The van der Waals surface area contributed by atoms with E-state index in [0.29, 0.717) is 12.2 Å². The summed E-state index contributed by atoms with van der Waals surface area (Å²) in [6, 6.07) is 7.52. The maximum absolute atomic E-state index is 11.5. The van der Waals surface area contributed by atoms with Crippen LogP contribution in [-0.2, 0) is 0 Å². The Morgan fingerprint density at radius 3 is 2.55 bits per heavy atom. The zero-order valence-electron chi connectivity index (χ0n) is 14.2. The van der Waals surface area contributed by atoms with Crippen LogP contribution in [0.5, 0.6) is 5.75 Å². The van der Waals surface area contributed by atoms with Crippen LogP contribution in [0.1, 0.15) is 50.4 Å². The molecule has 1 fully saturated rings. The highest BCUT2D eigenvalue weighted by atomic mass is 16.5. The third kappa shape index (κ3) is 5.13. The fraction of sp³-hybridized carbons (Fsp3) is 0.632. The first-order chi connectivity index (χ1) is 10.6. The van der Waals surface area contributed by atoms with Crippen LogP contribution in [0.25, 0.3) is 0 Å². The van der Waals surface area contributed by atoms with Crippen LogP contribution in [0, 0.1) is 11.8 Å². The first-order valence-electron chi connectivity index (χ1n) is 8.62. The predicted octanol–water partition coefficient (Wildman–Crippen LogP) is 2.61. The van der Waals surface area contributed by atoms with Crippen molar-refractivity contribution in [2.45, 2.75) is 40.0 Å². The van der Waals surface area contributed by atoms with E-state index in [4.69, 9.17) is 4.74 Å². The SMILES string of the molecule is CC(=O)c1ccccc1OCCCC[NH+]1C[C@H](C)C[C@@H](C)C1. The average molecular weight is 304 g/mol. The van der Waals surface area contributed by atoms with Crippen LogP contribution in [0.4, 0.5) is 0 Å². The molecule has 1 aromatic rings. The molecular formula is C19H30NO2+. The van der Waals surface area contributed by atoms with Gasteiger partial charge in [-0.05, 0) is 38.3 Å². The normalized spacial score (nSPS) is 25.0. The number of piperidine rings is 1. The van der Waals surface area contributed by atoms with Crippen LogP contribution in [0.2, 0.25) is 0 Å². The summed E-state index contributed by atoms with van der Waals surface area (Å²) in [5.74, 6) is 2.51. The van der Waals surface area contributed by atoms with Crippen LogP contribution < -0.4 is 9.64 Å². The van der Waals surface area contributed by atoms with Gasteiger partial charge in [-0.15, -0.1) is 0 Å².